The molecule has 2 heteroatoms. The zero-order chi connectivity index (χ0) is 4.99. The van der Waals surface area contributed by atoms with E-state index in [1.807, 2.05) is 0 Å². The average molecular weight is 82.9 g/mol. The molecule has 0 amide bonds. The summed E-state index contributed by atoms with van der Waals surface area (Å²) in [7, 11) is 5.18. The predicted octanol–water partition coefficient (Wildman–Crippen LogP) is 0.240. The Kier molecular flexibility index (Phi) is 3.24. The molecule has 0 saturated heterocycles. The molecule has 0 aliphatic heterocycles. The lowest BCUT2D eigenvalue weighted by Crippen LogP contribution is -2.18. The first kappa shape index (κ1) is 6.02. The van der Waals surface area contributed by atoms with Gasteiger partial charge in [0.1, 0.15) is 0 Å². The van der Waals surface area contributed by atoms with Gasteiger partial charge in [0.25, 0.3) is 0 Å². The minimum Gasteiger partial charge on any atom is -0.336 e. The highest BCUT2D eigenvalue weighted by Crippen LogP contribution is 1.85. The SMILES string of the molecule is [B][C@@H](N)CCC. The fraction of sp³-hybridized carbons (Fsp3) is 1.00. The Morgan fingerprint density at radius 1 is 1.83 bits per heavy atom. The van der Waals surface area contributed by atoms with E-state index in [4.69, 9.17) is 13.6 Å². The maximum absolute atomic E-state index is 5.18. The molecule has 2 N–H and O–H groups in total. The lowest BCUT2D eigenvalue weighted by atomic mass is 9.94. The van der Waals surface area contributed by atoms with Crippen molar-refractivity contribution in [3.63, 3.8) is 0 Å². The molecule has 0 fully saturated rings. The Morgan fingerprint density at radius 2 is 2.33 bits per heavy atom. The van der Waals surface area contributed by atoms with Crippen LogP contribution in [0.3, 0.4) is 0 Å². The molecule has 0 aromatic heterocycles. The van der Waals surface area contributed by atoms with Crippen LogP contribution in [0.1, 0.15) is 19.8 Å². The van der Waals surface area contributed by atoms with Gasteiger partial charge >= 0.3 is 0 Å². The third-order valence-electron chi connectivity index (χ3n) is 0.622. The Bertz CT molecular complexity index is 28.7. The first-order valence-electron chi connectivity index (χ1n) is 2.28. The van der Waals surface area contributed by atoms with Crippen molar-refractivity contribution in [1.82, 2.24) is 0 Å². The highest BCUT2D eigenvalue weighted by molar-refractivity contribution is 6.11. The van der Waals surface area contributed by atoms with Gasteiger partial charge in [-0.15, -0.1) is 0 Å². The van der Waals surface area contributed by atoms with Gasteiger partial charge in [0, 0.05) is 0 Å². The molecule has 0 saturated carbocycles. The number of rotatable bonds is 2. The van der Waals surface area contributed by atoms with Gasteiger partial charge in [-0.1, -0.05) is 13.3 Å². The van der Waals surface area contributed by atoms with Gasteiger partial charge in [0.2, 0.25) is 0 Å². The molecular weight excluding hydrogens is 72.9 g/mol. The van der Waals surface area contributed by atoms with Crippen LogP contribution < -0.4 is 5.73 Å². The highest BCUT2D eigenvalue weighted by atomic mass is 14.6. The van der Waals surface area contributed by atoms with E-state index < -0.39 is 0 Å². The quantitative estimate of drug-likeness (QED) is 0.475. The van der Waals surface area contributed by atoms with Gasteiger partial charge in [-0.2, -0.15) is 0 Å². The molecule has 6 heavy (non-hydrogen) atoms. The second-order valence-electron chi connectivity index (χ2n) is 1.45. The van der Waals surface area contributed by atoms with Crippen LogP contribution in [0.5, 0.6) is 0 Å². The second kappa shape index (κ2) is 3.22. The number of nitrogens with two attached hydrogens (primary N) is 1. The van der Waals surface area contributed by atoms with Crippen molar-refractivity contribution in [2.24, 2.45) is 5.73 Å². The third-order valence-corrected chi connectivity index (χ3v) is 0.622. The summed E-state index contributed by atoms with van der Waals surface area (Å²) in [5.74, 6) is -0.102. The van der Waals surface area contributed by atoms with Crippen LogP contribution in [0, 0.1) is 0 Å². The summed E-state index contributed by atoms with van der Waals surface area (Å²) in [5.41, 5.74) is 5.18. The molecule has 0 unspecified atom stereocenters. The van der Waals surface area contributed by atoms with E-state index in [0.717, 1.165) is 12.8 Å². The fourth-order valence-corrected chi connectivity index (χ4v) is 0.333. The standard InChI is InChI=1S/C4H10BN/c1-2-3-4(5)6/h4H,2-3,6H2,1H3/t4-/m0/s1. The molecule has 0 heterocycles. The molecule has 0 aliphatic rings. The Labute approximate surface area is 40.3 Å². The van der Waals surface area contributed by atoms with Gasteiger partial charge in [0.15, 0.2) is 0 Å². The minimum absolute atomic E-state index is 0.102. The van der Waals surface area contributed by atoms with Crippen LogP contribution >= 0.6 is 0 Å². The van der Waals surface area contributed by atoms with Crippen LogP contribution in [0.2, 0.25) is 0 Å². The normalized spacial score (nSPS) is 14.3. The first-order valence-corrected chi connectivity index (χ1v) is 2.28. The lowest BCUT2D eigenvalue weighted by Gasteiger charge is -1.97. The van der Waals surface area contributed by atoms with E-state index in [-0.39, 0.29) is 5.94 Å². The molecule has 0 aromatic rings. The van der Waals surface area contributed by atoms with Crippen molar-refractivity contribution in [3.8, 4) is 0 Å². The third kappa shape index (κ3) is 4.02. The maximum Gasteiger partial charge on any atom is 0.0903 e. The van der Waals surface area contributed by atoms with Crippen molar-refractivity contribution in [3.05, 3.63) is 0 Å². The maximum atomic E-state index is 5.18. The molecule has 0 rings (SSSR count). The molecule has 34 valence electrons. The van der Waals surface area contributed by atoms with E-state index in [1.165, 1.54) is 0 Å². The molecule has 0 spiro atoms. The Balaban J connectivity index is 2.63. The Morgan fingerprint density at radius 3 is 2.33 bits per heavy atom. The first-order chi connectivity index (χ1) is 2.77. The summed E-state index contributed by atoms with van der Waals surface area (Å²) in [6.45, 7) is 2.06. The van der Waals surface area contributed by atoms with E-state index in [2.05, 4.69) is 6.92 Å². The zero-order valence-electron chi connectivity index (χ0n) is 4.15. The van der Waals surface area contributed by atoms with Crippen molar-refractivity contribution >= 4 is 7.85 Å². The largest absolute Gasteiger partial charge is 0.336 e. The molecule has 1 atom stereocenters. The van der Waals surface area contributed by atoms with Crippen molar-refractivity contribution in [1.29, 1.82) is 0 Å². The summed E-state index contributed by atoms with van der Waals surface area (Å²) in [5, 5.41) is 0. The molecular formula is C4H10BN. The molecule has 1 nitrogen and oxygen atoms in total. The summed E-state index contributed by atoms with van der Waals surface area (Å²) in [6.07, 6.45) is 2.01. The van der Waals surface area contributed by atoms with Gasteiger partial charge < -0.3 is 5.73 Å². The summed E-state index contributed by atoms with van der Waals surface area (Å²) in [4.78, 5) is 0. The van der Waals surface area contributed by atoms with Gasteiger partial charge in [-0.05, 0) is 12.4 Å². The van der Waals surface area contributed by atoms with Crippen LogP contribution in [0.15, 0.2) is 0 Å². The van der Waals surface area contributed by atoms with Gasteiger partial charge in [0.05, 0.1) is 7.85 Å². The van der Waals surface area contributed by atoms with E-state index in [0.29, 0.717) is 0 Å². The lowest BCUT2D eigenvalue weighted by molar-refractivity contribution is 0.755. The van der Waals surface area contributed by atoms with Crippen LogP contribution in [-0.4, -0.2) is 13.8 Å². The summed E-state index contributed by atoms with van der Waals surface area (Å²) in [6, 6.07) is 0. The monoisotopic (exact) mass is 83.1 g/mol. The van der Waals surface area contributed by atoms with Gasteiger partial charge in [-0.3, -0.25) is 0 Å². The second-order valence-corrected chi connectivity index (χ2v) is 1.45. The Hall–Kier alpha value is 0.0249. The van der Waals surface area contributed by atoms with E-state index >= 15 is 0 Å². The van der Waals surface area contributed by atoms with Crippen LogP contribution in [0.25, 0.3) is 0 Å². The summed E-state index contributed by atoms with van der Waals surface area (Å²) < 4.78 is 0. The molecule has 0 aliphatic carbocycles. The number of hydrogen-bond donors (Lipinski definition) is 1. The van der Waals surface area contributed by atoms with Crippen molar-refractivity contribution in [2.75, 3.05) is 0 Å². The molecule has 0 bridgehead atoms. The van der Waals surface area contributed by atoms with E-state index in [1.54, 1.807) is 0 Å². The zero-order valence-corrected chi connectivity index (χ0v) is 4.15. The topological polar surface area (TPSA) is 26.0 Å². The average Bonchev–Trinajstić information content (AvgIpc) is 1.35. The minimum atomic E-state index is -0.102. The van der Waals surface area contributed by atoms with Crippen molar-refractivity contribution in [2.45, 2.75) is 25.7 Å². The number of hydrogen-bond acceptors (Lipinski definition) is 1. The summed E-state index contributed by atoms with van der Waals surface area (Å²) >= 11 is 0. The highest BCUT2D eigenvalue weighted by Gasteiger charge is 1.85. The molecule has 2 radical (unpaired) electrons. The smallest absolute Gasteiger partial charge is 0.0903 e. The van der Waals surface area contributed by atoms with E-state index in [9.17, 15) is 0 Å². The van der Waals surface area contributed by atoms with Gasteiger partial charge in [-0.25, -0.2) is 0 Å². The van der Waals surface area contributed by atoms with Crippen LogP contribution in [-0.2, 0) is 0 Å². The molecule has 0 aromatic carbocycles. The van der Waals surface area contributed by atoms with Crippen molar-refractivity contribution < 1.29 is 0 Å². The predicted molar refractivity (Wildman–Crippen MR) is 28.6 cm³/mol. The van der Waals surface area contributed by atoms with Crippen LogP contribution in [0.4, 0.5) is 0 Å². The fourth-order valence-electron chi connectivity index (χ4n) is 0.333.